The van der Waals surface area contributed by atoms with Crippen LogP contribution in [-0.4, -0.2) is 68.1 Å². The fourth-order valence-corrected chi connectivity index (χ4v) is 2.70. The first-order valence-corrected chi connectivity index (χ1v) is 7.26. The summed E-state index contributed by atoms with van der Waals surface area (Å²) in [5, 5.41) is 0. The molecule has 1 fully saturated rings. The lowest BCUT2D eigenvalue weighted by Gasteiger charge is -2.26. The Kier molecular flexibility index (Phi) is 5.37. The molecule has 0 saturated carbocycles. The van der Waals surface area contributed by atoms with Gasteiger partial charge in [0.1, 0.15) is 0 Å². The van der Waals surface area contributed by atoms with Crippen molar-refractivity contribution in [2.75, 3.05) is 47.3 Å². The Morgan fingerprint density at radius 3 is 2.53 bits per heavy atom. The van der Waals surface area contributed by atoms with E-state index in [0.717, 1.165) is 25.7 Å². The molecule has 1 saturated heterocycles. The number of hydrogen-bond donors (Lipinski definition) is 0. The second-order valence-electron chi connectivity index (χ2n) is 5.95. The summed E-state index contributed by atoms with van der Waals surface area (Å²) in [7, 11) is 6.55. The molecule has 1 aliphatic rings. The Hall–Kier alpha value is -0.900. The molecule has 3 nitrogen and oxygen atoms in total. The molecule has 106 valence electrons. The summed E-state index contributed by atoms with van der Waals surface area (Å²) in [6.45, 7) is 5.84. The Morgan fingerprint density at radius 2 is 1.84 bits per heavy atom. The lowest BCUT2D eigenvalue weighted by Crippen LogP contribution is -2.38. The molecule has 1 aliphatic heterocycles. The molecule has 0 aromatic heterocycles. The van der Waals surface area contributed by atoms with Crippen LogP contribution in [0.1, 0.15) is 12.0 Å². The molecule has 0 radical (unpaired) electrons. The predicted molar refractivity (Wildman–Crippen MR) is 81.3 cm³/mol. The van der Waals surface area contributed by atoms with E-state index in [1.165, 1.54) is 25.1 Å². The maximum atomic E-state index is 2.58. The van der Waals surface area contributed by atoms with Gasteiger partial charge >= 0.3 is 0 Å². The number of hydrogen-bond acceptors (Lipinski definition) is 3. The Bertz CT molecular complexity index is 364. The van der Waals surface area contributed by atoms with Gasteiger partial charge in [-0.25, -0.2) is 0 Å². The summed E-state index contributed by atoms with van der Waals surface area (Å²) >= 11 is 0. The third-order valence-electron chi connectivity index (χ3n) is 4.02. The molecule has 1 atom stereocenters. The van der Waals surface area contributed by atoms with Crippen molar-refractivity contribution in [3.8, 4) is 0 Å². The summed E-state index contributed by atoms with van der Waals surface area (Å²) in [6.07, 6.45) is 1.30. The molecule has 1 aromatic rings. The Labute approximate surface area is 117 Å². The van der Waals surface area contributed by atoms with E-state index in [4.69, 9.17) is 0 Å². The summed E-state index contributed by atoms with van der Waals surface area (Å²) in [6, 6.07) is 11.5. The van der Waals surface area contributed by atoms with Crippen molar-refractivity contribution >= 4 is 0 Å². The fourth-order valence-electron chi connectivity index (χ4n) is 2.70. The summed E-state index contributed by atoms with van der Waals surface area (Å²) in [5.74, 6) is 0. The van der Waals surface area contributed by atoms with E-state index in [1.54, 1.807) is 0 Å². The van der Waals surface area contributed by atoms with Crippen molar-refractivity contribution in [2.45, 2.75) is 19.0 Å². The summed E-state index contributed by atoms with van der Waals surface area (Å²) in [4.78, 5) is 7.35. The van der Waals surface area contributed by atoms with Gasteiger partial charge in [0.2, 0.25) is 0 Å². The number of rotatable bonds is 6. The molecule has 0 bridgehead atoms. The lowest BCUT2D eigenvalue weighted by molar-refractivity contribution is 0.210. The monoisotopic (exact) mass is 261 g/mol. The van der Waals surface area contributed by atoms with Crippen LogP contribution in [0.4, 0.5) is 0 Å². The largest absolute Gasteiger partial charge is 0.308 e. The molecular weight excluding hydrogens is 234 g/mol. The van der Waals surface area contributed by atoms with Crippen LogP contribution in [-0.2, 0) is 6.54 Å². The molecule has 1 aromatic carbocycles. The van der Waals surface area contributed by atoms with Gasteiger partial charge in [0, 0.05) is 38.8 Å². The molecular formula is C16H27N3. The van der Waals surface area contributed by atoms with Gasteiger partial charge in [0.25, 0.3) is 0 Å². The molecule has 0 N–H and O–H groups in total. The zero-order chi connectivity index (χ0) is 13.7. The van der Waals surface area contributed by atoms with Crippen LogP contribution in [0.25, 0.3) is 0 Å². The Morgan fingerprint density at radius 1 is 1.11 bits per heavy atom. The second kappa shape index (κ2) is 7.04. The van der Waals surface area contributed by atoms with Crippen LogP contribution < -0.4 is 0 Å². The van der Waals surface area contributed by atoms with Gasteiger partial charge in [-0.05, 0) is 33.1 Å². The third kappa shape index (κ3) is 4.60. The first-order chi connectivity index (χ1) is 9.15. The average molecular weight is 261 g/mol. The van der Waals surface area contributed by atoms with Crippen LogP contribution in [0.3, 0.4) is 0 Å². The highest BCUT2D eigenvalue weighted by atomic mass is 15.2. The van der Waals surface area contributed by atoms with Crippen LogP contribution in [0, 0.1) is 0 Å². The average Bonchev–Trinajstić information content (AvgIpc) is 2.85. The number of likely N-dealkylation sites (tertiary alicyclic amines) is 1. The summed E-state index contributed by atoms with van der Waals surface area (Å²) in [5.41, 5.74) is 1.43. The van der Waals surface area contributed by atoms with Crippen molar-refractivity contribution in [2.24, 2.45) is 0 Å². The zero-order valence-corrected chi connectivity index (χ0v) is 12.5. The summed E-state index contributed by atoms with van der Waals surface area (Å²) < 4.78 is 0. The fraction of sp³-hybridized carbons (Fsp3) is 0.625. The molecule has 1 heterocycles. The van der Waals surface area contributed by atoms with Crippen LogP contribution in [0.5, 0.6) is 0 Å². The first-order valence-electron chi connectivity index (χ1n) is 7.26. The van der Waals surface area contributed by atoms with Crippen molar-refractivity contribution in [3.63, 3.8) is 0 Å². The topological polar surface area (TPSA) is 9.72 Å². The van der Waals surface area contributed by atoms with E-state index in [0.29, 0.717) is 0 Å². The first kappa shape index (κ1) is 14.5. The van der Waals surface area contributed by atoms with Crippen molar-refractivity contribution in [3.05, 3.63) is 35.9 Å². The molecule has 19 heavy (non-hydrogen) atoms. The van der Waals surface area contributed by atoms with Gasteiger partial charge in [0.15, 0.2) is 0 Å². The van der Waals surface area contributed by atoms with E-state index in [2.05, 4.69) is 66.2 Å². The third-order valence-corrected chi connectivity index (χ3v) is 4.02. The van der Waals surface area contributed by atoms with Gasteiger partial charge in [-0.3, -0.25) is 4.90 Å². The molecule has 0 spiro atoms. The quantitative estimate of drug-likeness (QED) is 0.772. The maximum absolute atomic E-state index is 2.58. The number of likely N-dealkylation sites (N-methyl/N-ethyl adjacent to an activating group) is 2. The standard InChI is InChI=1S/C16H27N3/c1-17(2)11-12-18(3)16-9-10-19(14-16)13-15-7-5-4-6-8-15/h4-8,16H,9-14H2,1-3H3. The van der Waals surface area contributed by atoms with Gasteiger partial charge < -0.3 is 9.80 Å². The normalized spacial score (nSPS) is 20.6. The van der Waals surface area contributed by atoms with Crippen LogP contribution in [0.15, 0.2) is 30.3 Å². The molecule has 1 unspecified atom stereocenters. The van der Waals surface area contributed by atoms with Crippen molar-refractivity contribution in [1.82, 2.24) is 14.7 Å². The zero-order valence-electron chi connectivity index (χ0n) is 12.5. The number of nitrogens with zero attached hydrogens (tertiary/aromatic N) is 3. The van der Waals surface area contributed by atoms with E-state index in [9.17, 15) is 0 Å². The molecule has 2 rings (SSSR count). The van der Waals surface area contributed by atoms with E-state index in [1.807, 2.05) is 0 Å². The minimum absolute atomic E-state index is 0.726. The van der Waals surface area contributed by atoms with Crippen molar-refractivity contribution in [1.29, 1.82) is 0 Å². The highest BCUT2D eigenvalue weighted by Gasteiger charge is 2.25. The van der Waals surface area contributed by atoms with Crippen molar-refractivity contribution < 1.29 is 0 Å². The van der Waals surface area contributed by atoms with E-state index < -0.39 is 0 Å². The molecule has 0 amide bonds. The smallest absolute Gasteiger partial charge is 0.0234 e. The predicted octanol–water partition coefficient (Wildman–Crippen LogP) is 1.75. The SMILES string of the molecule is CN(C)CCN(C)C1CCN(Cc2ccccc2)C1. The maximum Gasteiger partial charge on any atom is 0.0234 e. The second-order valence-corrected chi connectivity index (χ2v) is 5.95. The lowest BCUT2D eigenvalue weighted by atomic mass is 10.2. The van der Waals surface area contributed by atoms with Crippen LogP contribution >= 0.6 is 0 Å². The minimum Gasteiger partial charge on any atom is -0.308 e. The highest BCUT2D eigenvalue weighted by Crippen LogP contribution is 2.16. The van der Waals surface area contributed by atoms with Gasteiger partial charge in [-0.2, -0.15) is 0 Å². The van der Waals surface area contributed by atoms with Gasteiger partial charge in [0.05, 0.1) is 0 Å². The van der Waals surface area contributed by atoms with E-state index in [-0.39, 0.29) is 0 Å². The highest BCUT2D eigenvalue weighted by molar-refractivity contribution is 5.14. The van der Waals surface area contributed by atoms with Gasteiger partial charge in [-0.1, -0.05) is 30.3 Å². The number of benzene rings is 1. The van der Waals surface area contributed by atoms with Crippen LogP contribution in [0.2, 0.25) is 0 Å². The van der Waals surface area contributed by atoms with Gasteiger partial charge in [-0.15, -0.1) is 0 Å². The minimum atomic E-state index is 0.726. The molecule has 3 heteroatoms. The molecule has 0 aliphatic carbocycles. The van der Waals surface area contributed by atoms with E-state index >= 15 is 0 Å². The Balaban J connectivity index is 1.76.